The number of benzene rings is 2. The molecule has 1 amide bonds. The third-order valence-corrected chi connectivity index (χ3v) is 4.95. The number of nitrogens with zero attached hydrogens (tertiary/aromatic N) is 2. The molecule has 0 bridgehead atoms. The first kappa shape index (κ1) is 18.1. The summed E-state index contributed by atoms with van der Waals surface area (Å²) in [5.41, 5.74) is 0.898. The molecule has 134 valence electrons. The lowest BCUT2D eigenvalue weighted by Gasteiger charge is -2.33. The molecule has 0 unspecified atom stereocenters. The highest BCUT2D eigenvalue weighted by atomic mass is 19.1. The van der Waals surface area contributed by atoms with Gasteiger partial charge in [0.1, 0.15) is 11.6 Å². The van der Waals surface area contributed by atoms with E-state index in [0.717, 1.165) is 12.8 Å². The number of carbonyl (C=O) groups excluding carboxylic acids is 1. The molecule has 0 aliphatic carbocycles. The summed E-state index contributed by atoms with van der Waals surface area (Å²) in [7, 11) is 0. The summed E-state index contributed by atoms with van der Waals surface area (Å²) in [6.45, 7) is 1.19. The molecule has 1 fully saturated rings. The van der Waals surface area contributed by atoms with E-state index in [1.807, 2.05) is 0 Å². The number of carbonyl (C=O) groups is 1. The van der Waals surface area contributed by atoms with Gasteiger partial charge in [-0.2, -0.15) is 5.26 Å². The molecule has 0 N–H and O–H groups in total. The summed E-state index contributed by atoms with van der Waals surface area (Å²) >= 11 is 0. The first-order valence-electron chi connectivity index (χ1n) is 8.81. The van der Waals surface area contributed by atoms with Crippen molar-refractivity contribution in [2.75, 3.05) is 13.1 Å². The second-order valence-corrected chi connectivity index (χ2v) is 6.66. The topological polar surface area (TPSA) is 44.1 Å². The van der Waals surface area contributed by atoms with E-state index in [4.69, 9.17) is 0 Å². The number of piperidine rings is 1. The Labute approximate surface area is 151 Å². The Morgan fingerprint density at radius 1 is 1.15 bits per heavy atom. The summed E-state index contributed by atoms with van der Waals surface area (Å²) in [5.74, 6) is -0.988. The quantitative estimate of drug-likeness (QED) is 0.821. The molecule has 0 aromatic heterocycles. The predicted molar refractivity (Wildman–Crippen MR) is 94.5 cm³/mol. The van der Waals surface area contributed by atoms with Gasteiger partial charge >= 0.3 is 0 Å². The highest BCUT2D eigenvalue weighted by molar-refractivity contribution is 5.96. The van der Waals surface area contributed by atoms with Crippen LogP contribution in [0.5, 0.6) is 0 Å². The zero-order valence-corrected chi connectivity index (χ0v) is 14.4. The van der Waals surface area contributed by atoms with Gasteiger partial charge in [-0.15, -0.1) is 0 Å². The molecule has 1 aliphatic rings. The molecule has 1 heterocycles. The van der Waals surface area contributed by atoms with Gasteiger partial charge < -0.3 is 4.90 Å². The van der Waals surface area contributed by atoms with E-state index in [2.05, 4.69) is 6.07 Å². The fourth-order valence-electron chi connectivity index (χ4n) is 3.54. The molecule has 26 heavy (non-hydrogen) atoms. The van der Waals surface area contributed by atoms with Crippen molar-refractivity contribution in [3.05, 3.63) is 70.8 Å². The maximum Gasteiger partial charge on any atom is 0.255 e. The Morgan fingerprint density at radius 2 is 1.88 bits per heavy atom. The van der Waals surface area contributed by atoms with Crippen molar-refractivity contribution in [2.24, 2.45) is 5.92 Å². The van der Waals surface area contributed by atoms with Gasteiger partial charge in [0.25, 0.3) is 5.91 Å². The van der Waals surface area contributed by atoms with Crippen molar-refractivity contribution in [3.8, 4) is 6.07 Å². The van der Waals surface area contributed by atoms with Crippen LogP contribution in [-0.4, -0.2) is 23.9 Å². The van der Waals surface area contributed by atoms with Crippen molar-refractivity contribution in [1.29, 1.82) is 5.26 Å². The molecule has 0 saturated carbocycles. The zero-order chi connectivity index (χ0) is 18.5. The van der Waals surface area contributed by atoms with E-state index < -0.39 is 11.6 Å². The first-order chi connectivity index (χ1) is 12.6. The SMILES string of the molecule is N#Cc1ccccc1C(=O)N1CCC[C@H](CCc2c(F)cccc2F)C1. The molecule has 1 atom stereocenters. The van der Waals surface area contributed by atoms with Gasteiger partial charge in [0.05, 0.1) is 17.2 Å². The molecule has 0 spiro atoms. The van der Waals surface area contributed by atoms with Crippen LogP contribution in [-0.2, 0) is 6.42 Å². The standard InChI is InChI=1S/C21H20F2N2O/c22-19-8-3-9-20(23)18(19)11-10-15-5-4-12-25(14-15)21(26)17-7-2-1-6-16(17)13-24/h1-3,6-9,15H,4-5,10-12,14H2/t15-/m1/s1. The van der Waals surface area contributed by atoms with E-state index in [1.54, 1.807) is 29.2 Å². The third kappa shape index (κ3) is 3.91. The largest absolute Gasteiger partial charge is 0.338 e. The summed E-state index contributed by atoms with van der Waals surface area (Å²) in [4.78, 5) is 14.5. The highest BCUT2D eigenvalue weighted by Crippen LogP contribution is 2.25. The van der Waals surface area contributed by atoms with Gasteiger partial charge in [-0.25, -0.2) is 8.78 Å². The van der Waals surface area contributed by atoms with Crippen LogP contribution in [0.15, 0.2) is 42.5 Å². The number of amides is 1. The highest BCUT2D eigenvalue weighted by Gasteiger charge is 2.26. The van der Waals surface area contributed by atoms with Crippen LogP contribution in [0.2, 0.25) is 0 Å². The Morgan fingerprint density at radius 3 is 2.62 bits per heavy atom. The smallest absolute Gasteiger partial charge is 0.255 e. The monoisotopic (exact) mass is 354 g/mol. The van der Waals surface area contributed by atoms with E-state index >= 15 is 0 Å². The zero-order valence-electron chi connectivity index (χ0n) is 14.4. The third-order valence-electron chi connectivity index (χ3n) is 4.95. The van der Waals surface area contributed by atoms with Crippen LogP contribution >= 0.6 is 0 Å². The molecule has 3 nitrogen and oxygen atoms in total. The number of nitriles is 1. The Bertz CT molecular complexity index is 824. The van der Waals surface area contributed by atoms with E-state index in [1.165, 1.54) is 18.2 Å². The summed E-state index contributed by atoms with van der Waals surface area (Å²) in [6.07, 6.45) is 2.73. The summed E-state index contributed by atoms with van der Waals surface area (Å²) in [6, 6.07) is 12.7. The number of hydrogen-bond acceptors (Lipinski definition) is 2. The van der Waals surface area contributed by atoms with Crippen LogP contribution < -0.4 is 0 Å². The van der Waals surface area contributed by atoms with Crippen LogP contribution in [0.3, 0.4) is 0 Å². The molecule has 2 aromatic carbocycles. The minimum Gasteiger partial charge on any atom is -0.338 e. The Balaban J connectivity index is 1.66. The maximum absolute atomic E-state index is 13.8. The minimum atomic E-state index is -0.517. The van der Waals surface area contributed by atoms with Crippen LogP contribution in [0.25, 0.3) is 0 Å². The van der Waals surface area contributed by atoms with E-state index in [9.17, 15) is 18.8 Å². The van der Waals surface area contributed by atoms with Crippen LogP contribution in [0, 0.1) is 28.9 Å². The molecular weight excluding hydrogens is 334 g/mol. The van der Waals surface area contributed by atoms with Crippen molar-refractivity contribution >= 4 is 5.91 Å². The van der Waals surface area contributed by atoms with Crippen molar-refractivity contribution in [1.82, 2.24) is 4.90 Å². The van der Waals surface area contributed by atoms with Gasteiger partial charge in [0.2, 0.25) is 0 Å². The van der Waals surface area contributed by atoms with Crippen LogP contribution in [0.4, 0.5) is 8.78 Å². The Kier molecular flexibility index (Phi) is 5.62. The van der Waals surface area contributed by atoms with Crippen molar-refractivity contribution < 1.29 is 13.6 Å². The lowest BCUT2D eigenvalue weighted by molar-refractivity contribution is 0.0667. The second kappa shape index (κ2) is 8.09. The number of halogens is 2. The van der Waals surface area contributed by atoms with Gasteiger partial charge in [-0.05, 0) is 55.9 Å². The van der Waals surface area contributed by atoms with Gasteiger partial charge in [0.15, 0.2) is 0 Å². The molecular formula is C21H20F2N2O. The summed E-state index contributed by atoms with van der Waals surface area (Å²) in [5, 5.41) is 9.19. The second-order valence-electron chi connectivity index (χ2n) is 6.66. The lowest BCUT2D eigenvalue weighted by Crippen LogP contribution is -2.40. The Hall–Kier alpha value is -2.74. The van der Waals surface area contributed by atoms with Crippen LogP contribution in [0.1, 0.15) is 40.7 Å². The first-order valence-corrected chi connectivity index (χ1v) is 8.81. The summed E-state index contributed by atoms with van der Waals surface area (Å²) < 4.78 is 27.6. The van der Waals surface area contributed by atoms with Gasteiger partial charge in [-0.1, -0.05) is 18.2 Å². The molecule has 0 radical (unpaired) electrons. The average Bonchev–Trinajstić information content (AvgIpc) is 2.67. The minimum absolute atomic E-state index is 0.116. The molecule has 1 saturated heterocycles. The number of hydrogen-bond donors (Lipinski definition) is 0. The van der Waals surface area contributed by atoms with Crippen molar-refractivity contribution in [3.63, 3.8) is 0 Å². The predicted octanol–water partition coefficient (Wildman–Crippen LogP) is 4.32. The van der Waals surface area contributed by atoms with E-state index in [-0.39, 0.29) is 17.4 Å². The fraction of sp³-hybridized carbons (Fsp3) is 0.333. The number of rotatable bonds is 4. The number of likely N-dealkylation sites (tertiary alicyclic amines) is 1. The molecule has 3 rings (SSSR count). The molecule has 2 aromatic rings. The lowest BCUT2D eigenvalue weighted by atomic mass is 9.91. The normalized spacial score (nSPS) is 17.0. The van der Waals surface area contributed by atoms with Crippen molar-refractivity contribution in [2.45, 2.75) is 25.7 Å². The van der Waals surface area contributed by atoms with Gasteiger partial charge in [0, 0.05) is 18.7 Å². The fourth-order valence-corrected chi connectivity index (χ4v) is 3.54. The van der Waals surface area contributed by atoms with Gasteiger partial charge in [-0.3, -0.25) is 4.79 Å². The molecule has 5 heteroatoms. The molecule has 1 aliphatic heterocycles. The van der Waals surface area contributed by atoms with E-state index in [0.29, 0.717) is 37.1 Å². The maximum atomic E-state index is 13.8. The average molecular weight is 354 g/mol.